The summed E-state index contributed by atoms with van der Waals surface area (Å²) in [5.74, 6) is -6.86. The van der Waals surface area contributed by atoms with Gasteiger partial charge in [-0.15, -0.1) is 0 Å². The van der Waals surface area contributed by atoms with E-state index in [1.807, 2.05) is 17.0 Å². The Balaban J connectivity index is 1.54. The molecule has 0 unspecified atom stereocenters. The number of amides is 2. The Morgan fingerprint density at radius 3 is 2.51 bits per heavy atom. The van der Waals surface area contributed by atoms with Crippen LogP contribution in [0.5, 0.6) is 0 Å². The molecule has 37 heavy (non-hydrogen) atoms. The summed E-state index contributed by atoms with van der Waals surface area (Å²) in [4.78, 5) is 67.9. The van der Waals surface area contributed by atoms with E-state index in [1.54, 1.807) is 17.0 Å². The molecule has 0 spiro atoms. The molecule has 1 aromatic rings. The number of esters is 3. The van der Waals surface area contributed by atoms with Crippen molar-refractivity contribution < 1.29 is 42.9 Å². The summed E-state index contributed by atoms with van der Waals surface area (Å²) in [5.41, 5.74) is 1.38. The SMILES string of the molecule is COC(=O)[C@@H]1[C@@H]2O[C@@]3(OC(C)=O)[C@@H]([C@H]2OC(C)=O)[C@@H]1C(=O)N1c2ccccc2[C@@H](N2CCCC2=O)C[C@H]13. The highest BCUT2D eigenvalue weighted by Gasteiger charge is 2.80. The second-order valence-corrected chi connectivity index (χ2v) is 10.3. The second kappa shape index (κ2) is 8.27. The number of likely N-dealkylation sites (tertiary alicyclic amines) is 1. The molecule has 4 aliphatic heterocycles. The van der Waals surface area contributed by atoms with Gasteiger partial charge in [0.15, 0.2) is 0 Å². The van der Waals surface area contributed by atoms with Gasteiger partial charge in [0.2, 0.25) is 17.6 Å². The van der Waals surface area contributed by atoms with Gasteiger partial charge in [-0.25, -0.2) is 0 Å². The first kappa shape index (κ1) is 23.9. The summed E-state index contributed by atoms with van der Waals surface area (Å²) in [6.07, 6.45) is -0.576. The van der Waals surface area contributed by atoms with Crippen molar-refractivity contribution in [1.82, 2.24) is 4.90 Å². The molecule has 6 rings (SSSR count). The Labute approximate surface area is 212 Å². The van der Waals surface area contributed by atoms with Crippen LogP contribution < -0.4 is 4.90 Å². The summed E-state index contributed by atoms with van der Waals surface area (Å²) in [6, 6.07) is 6.15. The number of ether oxygens (including phenoxy) is 4. The van der Waals surface area contributed by atoms with Gasteiger partial charge in [-0.1, -0.05) is 18.2 Å². The molecule has 2 amide bonds. The molecule has 5 aliphatic rings. The van der Waals surface area contributed by atoms with Gasteiger partial charge in [0.05, 0.1) is 30.9 Å². The normalized spacial score (nSPS) is 37.2. The fourth-order valence-corrected chi connectivity index (χ4v) is 7.36. The lowest BCUT2D eigenvalue weighted by molar-refractivity contribution is -0.285. The van der Waals surface area contributed by atoms with E-state index in [0.29, 0.717) is 18.7 Å². The molecular formula is C26H28N2O9. The maximum Gasteiger partial charge on any atom is 0.312 e. The predicted molar refractivity (Wildman–Crippen MR) is 123 cm³/mol. The molecule has 8 atom stereocenters. The number of hydrogen-bond acceptors (Lipinski definition) is 9. The van der Waals surface area contributed by atoms with Crippen LogP contribution in [0.25, 0.3) is 0 Å². The highest BCUT2D eigenvalue weighted by molar-refractivity contribution is 6.02. The van der Waals surface area contributed by atoms with E-state index in [2.05, 4.69) is 0 Å². The van der Waals surface area contributed by atoms with Crippen LogP contribution in [0, 0.1) is 17.8 Å². The van der Waals surface area contributed by atoms with Gasteiger partial charge in [-0.2, -0.15) is 0 Å². The topological polar surface area (TPSA) is 129 Å². The molecule has 1 aromatic carbocycles. The van der Waals surface area contributed by atoms with Crippen molar-refractivity contribution in [1.29, 1.82) is 0 Å². The lowest BCUT2D eigenvalue weighted by Crippen LogP contribution is -2.72. The Morgan fingerprint density at radius 1 is 1.11 bits per heavy atom. The minimum absolute atomic E-state index is 0.0206. The minimum Gasteiger partial charge on any atom is -0.469 e. The highest BCUT2D eigenvalue weighted by atomic mass is 16.7. The smallest absolute Gasteiger partial charge is 0.312 e. The number of hydrogen-bond donors (Lipinski definition) is 0. The van der Waals surface area contributed by atoms with Gasteiger partial charge in [-0.3, -0.25) is 24.0 Å². The van der Waals surface area contributed by atoms with Crippen LogP contribution in [0.3, 0.4) is 0 Å². The zero-order valence-corrected chi connectivity index (χ0v) is 20.7. The van der Waals surface area contributed by atoms with Crippen LogP contribution in [0.4, 0.5) is 5.69 Å². The summed E-state index contributed by atoms with van der Waals surface area (Å²) >= 11 is 0. The largest absolute Gasteiger partial charge is 0.469 e. The first-order chi connectivity index (χ1) is 17.7. The molecule has 0 N–H and O–H groups in total. The Bertz CT molecular complexity index is 1220. The number of anilines is 1. The van der Waals surface area contributed by atoms with Crippen molar-refractivity contribution in [3.05, 3.63) is 29.8 Å². The van der Waals surface area contributed by atoms with Crippen LogP contribution in [0.1, 0.15) is 44.7 Å². The van der Waals surface area contributed by atoms with Gasteiger partial charge >= 0.3 is 17.9 Å². The predicted octanol–water partition coefficient (Wildman–Crippen LogP) is 1.09. The van der Waals surface area contributed by atoms with Gasteiger partial charge < -0.3 is 28.7 Å². The fraction of sp³-hybridized carbons (Fsp3) is 0.577. The zero-order chi connectivity index (χ0) is 26.2. The number of piperidine rings is 1. The summed E-state index contributed by atoms with van der Waals surface area (Å²) in [5, 5.41) is 0. The zero-order valence-electron chi connectivity index (χ0n) is 20.7. The van der Waals surface area contributed by atoms with Gasteiger partial charge in [0.1, 0.15) is 18.2 Å². The number of carbonyl (C=O) groups excluding carboxylic acids is 5. The molecule has 11 heteroatoms. The van der Waals surface area contributed by atoms with Crippen LogP contribution in [-0.2, 0) is 42.9 Å². The van der Waals surface area contributed by atoms with E-state index >= 15 is 0 Å². The molecule has 1 saturated carbocycles. The Kier molecular flexibility index (Phi) is 5.34. The molecule has 1 aliphatic carbocycles. The van der Waals surface area contributed by atoms with Gasteiger partial charge in [0, 0.05) is 32.5 Å². The number of carbonyl (C=O) groups is 5. The minimum atomic E-state index is -1.67. The number of benzene rings is 1. The molecule has 0 aromatic heterocycles. The molecule has 3 saturated heterocycles. The van der Waals surface area contributed by atoms with E-state index in [9.17, 15) is 24.0 Å². The third-order valence-electron chi connectivity index (χ3n) is 8.46. The third kappa shape index (κ3) is 3.19. The fourth-order valence-electron chi connectivity index (χ4n) is 7.36. The lowest BCUT2D eigenvalue weighted by Gasteiger charge is -2.57. The highest BCUT2D eigenvalue weighted by Crippen LogP contribution is 2.63. The van der Waals surface area contributed by atoms with Crippen LogP contribution in [0.2, 0.25) is 0 Å². The van der Waals surface area contributed by atoms with E-state index < -0.39 is 59.7 Å². The Morgan fingerprint density at radius 2 is 1.86 bits per heavy atom. The van der Waals surface area contributed by atoms with Crippen molar-refractivity contribution in [2.24, 2.45) is 17.8 Å². The second-order valence-electron chi connectivity index (χ2n) is 10.3. The van der Waals surface area contributed by atoms with E-state index in [1.165, 1.54) is 21.0 Å². The third-order valence-corrected chi connectivity index (χ3v) is 8.46. The maximum absolute atomic E-state index is 14.3. The van der Waals surface area contributed by atoms with E-state index in [-0.39, 0.29) is 24.3 Å². The number of rotatable bonds is 4. The van der Waals surface area contributed by atoms with E-state index in [4.69, 9.17) is 18.9 Å². The first-order valence-electron chi connectivity index (χ1n) is 12.5. The molecule has 4 heterocycles. The quantitative estimate of drug-likeness (QED) is 0.430. The van der Waals surface area contributed by atoms with E-state index in [0.717, 1.165) is 12.0 Å². The average Bonchev–Trinajstić information content (AvgIpc) is 3.51. The first-order valence-corrected chi connectivity index (χ1v) is 12.5. The maximum atomic E-state index is 14.3. The molecule has 11 nitrogen and oxygen atoms in total. The van der Waals surface area contributed by atoms with Crippen molar-refractivity contribution in [3.8, 4) is 0 Å². The lowest BCUT2D eigenvalue weighted by atomic mass is 9.70. The summed E-state index contributed by atoms with van der Waals surface area (Å²) in [6.45, 7) is 3.06. The van der Waals surface area contributed by atoms with Gasteiger partial charge in [0.25, 0.3) is 0 Å². The van der Waals surface area contributed by atoms with Crippen LogP contribution in [0.15, 0.2) is 24.3 Å². The van der Waals surface area contributed by atoms with Crippen molar-refractivity contribution in [2.45, 2.75) is 63.2 Å². The number of para-hydroxylation sites is 1. The molecular weight excluding hydrogens is 484 g/mol. The molecule has 4 fully saturated rings. The molecule has 196 valence electrons. The van der Waals surface area contributed by atoms with Crippen LogP contribution >= 0.6 is 0 Å². The summed E-state index contributed by atoms with van der Waals surface area (Å²) in [7, 11) is 1.22. The van der Waals surface area contributed by atoms with Gasteiger partial charge in [-0.05, 0) is 24.5 Å². The Hall–Kier alpha value is -3.47. The number of fused-ring (bicyclic) bond motifs is 5. The molecule has 2 bridgehead atoms. The van der Waals surface area contributed by atoms with Crippen molar-refractivity contribution >= 4 is 35.4 Å². The average molecular weight is 513 g/mol. The monoisotopic (exact) mass is 512 g/mol. The number of methoxy groups -OCH3 is 1. The standard InChI is InChI=1S/C26H28N2O9/c1-12(29)35-23-21-19-20(25(33)34-3)22(23)37-26(21,36-13(2)30)17-11-16(27-10-6-9-18(27)31)14-7-4-5-8-15(14)28(17)24(19)32/h4-5,7-8,16-17,19-23H,6,9-11H2,1-3H3/t16-,17-,19+,20-,21+,22-,23+,26+/m0/s1. The van der Waals surface area contributed by atoms with Crippen LogP contribution in [-0.4, -0.2) is 72.3 Å². The van der Waals surface area contributed by atoms with Crippen molar-refractivity contribution in [3.63, 3.8) is 0 Å². The summed E-state index contributed by atoms with van der Waals surface area (Å²) < 4.78 is 23.0. The van der Waals surface area contributed by atoms with Crippen molar-refractivity contribution in [2.75, 3.05) is 18.6 Å². The number of nitrogens with zero attached hydrogens (tertiary/aromatic N) is 2. The molecule has 0 radical (unpaired) electrons.